The van der Waals surface area contributed by atoms with E-state index >= 15 is 0 Å². The van der Waals surface area contributed by atoms with Crippen LogP contribution in [0.3, 0.4) is 0 Å². The Kier molecular flexibility index (Phi) is 6.75. The van der Waals surface area contributed by atoms with Gasteiger partial charge < -0.3 is 9.84 Å². The van der Waals surface area contributed by atoms with Crippen LogP contribution >= 0.6 is 0 Å². The second-order valence-electron chi connectivity index (χ2n) is 18.1. The van der Waals surface area contributed by atoms with Crippen molar-refractivity contribution in [3.05, 3.63) is 0 Å². The highest BCUT2D eigenvalue weighted by atomic mass is 16.5. The van der Waals surface area contributed by atoms with Crippen molar-refractivity contribution in [3.8, 4) is 0 Å². The van der Waals surface area contributed by atoms with Gasteiger partial charge in [-0.1, -0.05) is 55.4 Å². The Morgan fingerprint density at radius 2 is 1.37 bits per heavy atom. The molecule has 5 unspecified atom stereocenters. The van der Waals surface area contributed by atoms with Crippen LogP contribution in [0.15, 0.2) is 0 Å². The Labute approximate surface area is 236 Å². The van der Waals surface area contributed by atoms with Gasteiger partial charge in [-0.05, 0) is 149 Å². The van der Waals surface area contributed by atoms with Crippen molar-refractivity contribution < 1.29 is 9.84 Å². The van der Waals surface area contributed by atoms with E-state index in [0.717, 1.165) is 36.5 Å². The minimum absolute atomic E-state index is 0.112. The SMILES string of the molecule is CC(C)OC(C)(C)C1(O)CCC(C)(C)C2CC[C@]3(C)C(CCC4C5[C@@H](C(C)C)CC[C@]5(C)CC[C@]43C)[C@]21C. The Morgan fingerprint density at radius 3 is 1.97 bits per heavy atom. The van der Waals surface area contributed by atoms with Crippen molar-refractivity contribution in [1.82, 2.24) is 0 Å². The number of aliphatic hydroxyl groups is 1. The third-order valence-corrected chi connectivity index (χ3v) is 15.4. The van der Waals surface area contributed by atoms with Gasteiger partial charge in [-0.3, -0.25) is 0 Å². The van der Waals surface area contributed by atoms with E-state index in [-0.39, 0.29) is 22.3 Å². The summed E-state index contributed by atoms with van der Waals surface area (Å²) in [6.07, 6.45) is 13.0. The molecule has 0 heterocycles. The van der Waals surface area contributed by atoms with Gasteiger partial charge in [0.05, 0.1) is 17.3 Å². The van der Waals surface area contributed by atoms with Gasteiger partial charge in [-0.15, -0.1) is 0 Å². The molecule has 0 aromatic heterocycles. The van der Waals surface area contributed by atoms with Crippen LogP contribution in [0.1, 0.15) is 147 Å². The van der Waals surface area contributed by atoms with Crippen LogP contribution in [0, 0.1) is 62.6 Å². The zero-order valence-corrected chi connectivity index (χ0v) is 27.5. The second-order valence-corrected chi connectivity index (χ2v) is 18.1. The van der Waals surface area contributed by atoms with Crippen molar-refractivity contribution in [2.75, 3.05) is 0 Å². The summed E-state index contributed by atoms with van der Waals surface area (Å²) in [6.45, 7) is 29.4. The zero-order chi connectivity index (χ0) is 28.3. The van der Waals surface area contributed by atoms with Crippen molar-refractivity contribution in [3.63, 3.8) is 0 Å². The summed E-state index contributed by atoms with van der Waals surface area (Å²) in [5.41, 5.74) is -0.116. The first kappa shape index (κ1) is 29.4. The van der Waals surface area contributed by atoms with E-state index in [1.807, 2.05) is 0 Å². The zero-order valence-electron chi connectivity index (χ0n) is 27.5. The Bertz CT molecular complexity index is 918. The largest absolute Gasteiger partial charge is 0.386 e. The van der Waals surface area contributed by atoms with Crippen LogP contribution in [0.5, 0.6) is 0 Å². The maximum absolute atomic E-state index is 13.1. The molecule has 0 spiro atoms. The quantitative estimate of drug-likeness (QED) is 0.393. The van der Waals surface area contributed by atoms with Gasteiger partial charge >= 0.3 is 0 Å². The molecule has 5 aliphatic rings. The molecule has 38 heavy (non-hydrogen) atoms. The summed E-state index contributed by atoms with van der Waals surface area (Å²) >= 11 is 0. The summed E-state index contributed by atoms with van der Waals surface area (Å²) in [5, 5.41) is 13.1. The van der Waals surface area contributed by atoms with Crippen LogP contribution in [0.25, 0.3) is 0 Å². The molecule has 0 aromatic carbocycles. The van der Waals surface area contributed by atoms with Crippen LogP contribution in [-0.2, 0) is 4.74 Å². The van der Waals surface area contributed by atoms with E-state index in [4.69, 9.17) is 4.74 Å². The van der Waals surface area contributed by atoms with E-state index in [1.165, 1.54) is 51.4 Å². The lowest BCUT2D eigenvalue weighted by atomic mass is 9.30. The van der Waals surface area contributed by atoms with Gasteiger partial charge in [0, 0.05) is 5.41 Å². The molecular formula is C36H64O2. The lowest BCUT2D eigenvalue weighted by Gasteiger charge is -2.76. The van der Waals surface area contributed by atoms with E-state index in [2.05, 4.69) is 83.1 Å². The van der Waals surface area contributed by atoms with Gasteiger partial charge in [-0.2, -0.15) is 0 Å². The Balaban J connectivity index is 1.62. The number of fused-ring (bicyclic) bond motifs is 7. The number of hydrogen-bond acceptors (Lipinski definition) is 2. The van der Waals surface area contributed by atoms with Gasteiger partial charge in [0.15, 0.2) is 0 Å². The molecule has 220 valence electrons. The maximum atomic E-state index is 13.1. The first-order chi connectivity index (χ1) is 17.3. The average Bonchev–Trinajstić information content (AvgIpc) is 3.14. The van der Waals surface area contributed by atoms with E-state index in [0.29, 0.717) is 22.7 Å². The summed E-state index contributed by atoms with van der Waals surface area (Å²) in [4.78, 5) is 0. The third-order valence-electron chi connectivity index (χ3n) is 15.4. The van der Waals surface area contributed by atoms with Crippen molar-refractivity contribution in [1.29, 1.82) is 0 Å². The topological polar surface area (TPSA) is 29.5 Å². The Morgan fingerprint density at radius 1 is 0.711 bits per heavy atom. The van der Waals surface area contributed by atoms with Crippen LogP contribution in [0.2, 0.25) is 0 Å². The molecule has 10 atom stereocenters. The van der Waals surface area contributed by atoms with Crippen molar-refractivity contribution >= 4 is 0 Å². The summed E-state index contributed by atoms with van der Waals surface area (Å²) in [6, 6.07) is 0. The monoisotopic (exact) mass is 528 g/mol. The molecule has 2 nitrogen and oxygen atoms in total. The highest BCUT2D eigenvalue weighted by Gasteiger charge is 2.75. The van der Waals surface area contributed by atoms with E-state index in [1.54, 1.807) is 0 Å². The maximum Gasteiger partial charge on any atom is 0.0989 e. The van der Waals surface area contributed by atoms with Gasteiger partial charge in [0.1, 0.15) is 0 Å². The van der Waals surface area contributed by atoms with Gasteiger partial charge in [0.25, 0.3) is 0 Å². The summed E-state index contributed by atoms with van der Waals surface area (Å²) in [5.74, 6) is 4.47. The predicted octanol–water partition coefficient (Wildman–Crippen LogP) is 9.68. The molecule has 5 saturated carbocycles. The molecule has 0 aromatic rings. The number of ether oxygens (including phenoxy) is 1. The van der Waals surface area contributed by atoms with Crippen LogP contribution in [-0.4, -0.2) is 22.4 Å². The van der Waals surface area contributed by atoms with E-state index < -0.39 is 11.2 Å². The minimum Gasteiger partial charge on any atom is -0.386 e. The lowest BCUT2D eigenvalue weighted by Crippen LogP contribution is -2.75. The fourth-order valence-electron chi connectivity index (χ4n) is 13.4. The molecular weight excluding hydrogens is 464 g/mol. The van der Waals surface area contributed by atoms with Crippen molar-refractivity contribution in [2.24, 2.45) is 62.6 Å². The number of rotatable bonds is 4. The van der Waals surface area contributed by atoms with Gasteiger partial charge in [-0.25, -0.2) is 0 Å². The minimum atomic E-state index is -0.822. The molecule has 0 radical (unpaired) electrons. The molecule has 2 heteroatoms. The average molecular weight is 529 g/mol. The Hall–Kier alpha value is -0.0800. The lowest BCUT2D eigenvalue weighted by molar-refractivity contribution is -0.332. The molecule has 5 rings (SSSR count). The molecule has 0 amide bonds. The smallest absolute Gasteiger partial charge is 0.0989 e. The highest BCUT2D eigenvalue weighted by molar-refractivity contribution is 5.24. The standard InChI is InChI=1S/C36H64O2/c1-23(2)25-15-17-32(9)20-21-33(10)26(29(25)32)13-14-28-34(33,11)18-16-27-30(5,6)19-22-36(37,35(27,28)12)31(7,8)38-24(3)4/h23-29,37H,13-22H2,1-12H3/t25-,26?,27?,28?,29?,32-,33-,34-,35+,36?/m1/s1. The molecule has 5 fully saturated rings. The summed E-state index contributed by atoms with van der Waals surface area (Å²) in [7, 11) is 0. The normalized spacial score (nSPS) is 52.3. The fourth-order valence-corrected chi connectivity index (χ4v) is 13.4. The van der Waals surface area contributed by atoms with Gasteiger partial charge in [0.2, 0.25) is 0 Å². The first-order valence-electron chi connectivity index (χ1n) is 16.7. The predicted molar refractivity (Wildman–Crippen MR) is 160 cm³/mol. The van der Waals surface area contributed by atoms with Crippen molar-refractivity contribution in [2.45, 2.75) is 165 Å². The van der Waals surface area contributed by atoms with Crippen LogP contribution < -0.4 is 0 Å². The fraction of sp³-hybridized carbons (Fsp3) is 1.00. The van der Waals surface area contributed by atoms with Crippen LogP contribution in [0.4, 0.5) is 0 Å². The van der Waals surface area contributed by atoms with E-state index in [9.17, 15) is 5.11 Å². The molecule has 1 N–H and O–H groups in total. The molecule has 0 aliphatic heterocycles. The highest BCUT2D eigenvalue weighted by Crippen LogP contribution is 2.79. The number of hydrogen-bond donors (Lipinski definition) is 1. The first-order valence-corrected chi connectivity index (χ1v) is 16.7. The molecule has 0 bridgehead atoms. The summed E-state index contributed by atoms with van der Waals surface area (Å²) < 4.78 is 6.67. The molecule has 5 aliphatic carbocycles. The third kappa shape index (κ3) is 3.56. The second kappa shape index (κ2) is 8.72. The molecule has 0 saturated heterocycles.